The number of ether oxygens (including phenoxy) is 1. The SMILES string of the molecule is COc1ccc(C(Br)C(C)C)c2ccccc12. The summed E-state index contributed by atoms with van der Waals surface area (Å²) in [4.78, 5) is 0.373. The van der Waals surface area contributed by atoms with Crippen LogP contribution in [-0.4, -0.2) is 7.11 Å². The Labute approximate surface area is 111 Å². The minimum Gasteiger partial charge on any atom is -0.496 e. The third-order valence-corrected chi connectivity index (χ3v) is 4.57. The minimum absolute atomic E-state index is 0.373. The van der Waals surface area contributed by atoms with Gasteiger partial charge in [-0.25, -0.2) is 0 Å². The molecule has 2 aromatic rings. The number of halogens is 1. The van der Waals surface area contributed by atoms with Crippen molar-refractivity contribution in [2.45, 2.75) is 18.7 Å². The number of methoxy groups -OCH3 is 1. The Kier molecular flexibility index (Phi) is 3.72. The van der Waals surface area contributed by atoms with Gasteiger partial charge in [0.1, 0.15) is 5.75 Å². The molecule has 0 fully saturated rings. The standard InChI is InChI=1S/C15H17BrO/c1-10(2)15(16)13-8-9-14(17-3)12-7-5-4-6-11(12)13/h4-10,15H,1-3H3. The molecular weight excluding hydrogens is 276 g/mol. The third-order valence-electron chi connectivity index (χ3n) is 3.02. The average Bonchev–Trinajstić information content (AvgIpc) is 2.36. The van der Waals surface area contributed by atoms with Crippen molar-refractivity contribution >= 4 is 26.7 Å². The van der Waals surface area contributed by atoms with Crippen molar-refractivity contribution in [2.24, 2.45) is 5.92 Å². The number of hydrogen-bond donors (Lipinski definition) is 0. The molecule has 0 radical (unpaired) electrons. The molecule has 0 aliphatic carbocycles. The fourth-order valence-electron chi connectivity index (χ4n) is 2.07. The van der Waals surface area contributed by atoms with Crippen molar-refractivity contribution in [3.8, 4) is 5.75 Å². The lowest BCUT2D eigenvalue weighted by molar-refractivity contribution is 0.419. The van der Waals surface area contributed by atoms with Crippen LogP contribution >= 0.6 is 15.9 Å². The van der Waals surface area contributed by atoms with Gasteiger partial charge in [-0.2, -0.15) is 0 Å². The molecule has 1 atom stereocenters. The van der Waals surface area contributed by atoms with Crippen LogP contribution in [0.25, 0.3) is 10.8 Å². The first-order valence-electron chi connectivity index (χ1n) is 5.85. The van der Waals surface area contributed by atoms with Gasteiger partial charge in [0.15, 0.2) is 0 Å². The zero-order valence-corrected chi connectivity index (χ0v) is 12.0. The largest absolute Gasteiger partial charge is 0.496 e. The molecule has 0 N–H and O–H groups in total. The molecule has 0 spiro atoms. The fraction of sp³-hybridized carbons (Fsp3) is 0.333. The maximum atomic E-state index is 5.41. The Morgan fingerprint density at radius 3 is 2.24 bits per heavy atom. The molecule has 0 aliphatic rings. The third kappa shape index (κ3) is 2.32. The van der Waals surface area contributed by atoms with Gasteiger partial charge < -0.3 is 4.74 Å². The molecule has 0 heterocycles. The molecule has 1 unspecified atom stereocenters. The smallest absolute Gasteiger partial charge is 0.126 e. The van der Waals surface area contributed by atoms with Gasteiger partial charge in [-0.3, -0.25) is 0 Å². The molecule has 0 aliphatic heterocycles. The van der Waals surface area contributed by atoms with Crippen LogP contribution in [0.1, 0.15) is 24.2 Å². The van der Waals surface area contributed by atoms with Crippen LogP contribution in [0, 0.1) is 5.92 Å². The van der Waals surface area contributed by atoms with Gasteiger partial charge in [-0.15, -0.1) is 0 Å². The number of rotatable bonds is 3. The van der Waals surface area contributed by atoms with E-state index in [2.05, 4.69) is 54.0 Å². The first kappa shape index (κ1) is 12.4. The van der Waals surface area contributed by atoms with E-state index >= 15 is 0 Å². The summed E-state index contributed by atoms with van der Waals surface area (Å²) in [6, 6.07) is 12.6. The molecule has 90 valence electrons. The van der Waals surface area contributed by atoms with Crippen LogP contribution in [0.3, 0.4) is 0 Å². The highest BCUT2D eigenvalue weighted by Crippen LogP contribution is 2.38. The Morgan fingerprint density at radius 1 is 1.00 bits per heavy atom. The van der Waals surface area contributed by atoms with Gasteiger partial charge in [-0.1, -0.05) is 60.1 Å². The van der Waals surface area contributed by atoms with Crippen LogP contribution in [0.4, 0.5) is 0 Å². The van der Waals surface area contributed by atoms with Crippen molar-refractivity contribution in [1.82, 2.24) is 0 Å². The summed E-state index contributed by atoms with van der Waals surface area (Å²) in [5.41, 5.74) is 1.33. The average molecular weight is 293 g/mol. The van der Waals surface area contributed by atoms with E-state index in [9.17, 15) is 0 Å². The van der Waals surface area contributed by atoms with Crippen molar-refractivity contribution in [3.63, 3.8) is 0 Å². The number of benzene rings is 2. The lowest BCUT2D eigenvalue weighted by Crippen LogP contribution is -2.00. The van der Waals surface area contributed by atoms with E-state index in [0.717, 1.165) is 5.75 Å². The van der Waals surface area contributed by atoms with Gasteiger partial charge >= 0.3 is 0 Å². The molecular formula is C15H17BrO. The topological polar surface area (TPSA) is 9.23 Å². The minimum atomic E-state index is 0.373. The number of fused-ring (bicyclic) bond motifs is 1. The number of hydrogen-bond acceptors (Lipinski definition) is 1. The second kappa shape index (κ2) is 5.09. The summed E-state index contributed by atoms with van der Waals surface area (Å²) in [7, 11) is 1.72. The van der Waals surface area contributed by atoms with Crippen LogP contribution in [0.5, 0.6) is 5.75 Å². The van der Waals surface area contributed by atoms with Crippen molar-refractivity contribution in [1.29, 1.82) is 0 Å². The first-order valence-corrected chi connectivity index (χ1v) is 6.76. The van der Waals surface area contributed by atoms with Gasteiger partial charge in [0.05, 0.1) is 7.11 Å². The Morgan fingerprint density at radius 2 is 1.65 bits per heavy atom. The van der Waals surface area contributed by atoms with Crippen molar-refractivity contribution in [2.75, 3.05) is 7.11 Å². The summed E-state index contributed by atoms with van der Waals surface area (Å²) in [6.07, 6.45) is 0. The van der Waals surface area contributed by atoms with Gasteiger partial charge in [0, 0.05) is 10.2 Å². The quantitative estimate of drug-likeness (QED) is 0.728. The van der Waals surface area contributed by atoms with E-state index < -0.39 is 0 Å². The molecule has 0 saturated carbocycles. The fourth-order valence-corrected chi connectivity index (χ4v) is 2.47. The maximum absolute atomic E-state index is 5.41. The van der Waals surface area contributed by atoms with E-state index in [0.29, 0.717) is 10.7 Å². The zero-order valence-electron chi connectivity index (χ0n) is 10.4. The predicted molar refractivity (Wildman–Crippen MR) is 77.0 cm³/mol. The Balaban J connectivity index is 2.66. The van der Waals surface area contributed by atoms with Crippen molar-refractivity contribution in [3.05, 3.63) is 42.0 Å². The lowest BCUT2D eigenvalue weighted by atomic mass is 9.96. The summed E-state index contributed by atoms with van der Waals surface area (Å²) in [5.74, 6) is 1.50. The van der Waals surface area contributed by atoms with E-state index in [4.69, 9.17) is 4.74 Å². The summed E-state index contributed by atoms with van der Waals surface area (Å²) in [5, 5.41) is 2.44. The van der Waals surface area contributed by atoms with Crippen LogP contribution in [0.15, 0.2) is 36.4 Å². The molecule has 2 heteroatoms. The zero-order chi connectivity index (χ0) is 12.4. The molecule has 0 saturated heterocycles. The molecule has 0 bridgehead atoms. The number of alkyl halides is 1. The van der Waals surface area contributed by atoms with Gasteiger partial charge in [0.2, 0.25) is 0 Å². The van der Waals surface area contributed by atoms with E-state index in [1.165, 1.54) is 16.3 Å². The van der Waals surface area contributed by atoms with Crippen molar-refractivity contribution < 1.29 is 4.74 Å². The van der Waals surface area contributed by atoms with Gasteiger partial charge in [-0.05, 0) is 22.9 Å². The van der Waals surface area contributed by atoms with Crippen LogP contribution in [0.2, 0.25) is 0 Å². The van der Waals surface area contributed by atoms with E-state index in [-0.39, 0.29) is 0 Å². The summed E-state index contributed by atoms with van der Waals surface area (Å²) < 4.78 is 5.41. The Bertz CT molecular complexity index is 519. The van der Waals surface area contributed by atoms with E-state index in [1.807, 2.05) is 12.1 Å². The predicted octanol–water partition coefficient (Wildman–Crippen LogP) is 4.94. The van der Waals surface area contributed by atoms with Gasteiger partial charge in [0.25, 0.3) is 0 Å². The molecule has 2 aromatic carbocycles. The molecule has 2 rings (SSSR count). The monoisotopic (exact) mass is 292 g/mol. The first-order chi connectivity index (χ1) is 8.15. The summed E-state index contributed by atoms with van der Waals surface area (Å²) in [6.45, 7) is 4.44. The normalized spacial score (nSPS) is 13.0. The highest BCUT2D eigenvalue weighted by atomic mass is 79.9. The maximum Gasteiger partial charge on any atom is 0.126 e. The van der Waals surface area contributed by atoms with E-state index in [1.54, 1.807) is 7.11 Å². The molecule has 0 aromatic heterocycles. The highest BCUT2D eigenvalue weighted by molar-refractivity contribution is 9.09. The lowest BCUT2D eigenvalue weighted by Gasteiger charge is -2.17. The second-order valence-corrected chi connectivity index (χ2v) is 5.53. The summed E-state index contributed by atoms with van der Waals surface area (Å²) >= 11 is 3.78. The molecule has 1 nitrogen and oxygen atoms in total. The van der Waals surface area contributed by atoms with Crippen LogP contribution in [-0.2, 0) is 0 Å². The second-order valence-electron chi connectivity index (χ2n) is 4.55. The van der Waals surface area contributed by atoms with Crippen LogP contribution < -0.4 is 4.74 Å². The Hall–Kier alpha value is -1.02. The highest BCUT2D eigenvalue weighted by Gasteiger charge is 2.15. The molecule has 0 amide bonds. The molecule has 17 heavy (non-hydrogen) atoms.